The van der Waals surface area contributed by atoms with Crippen LogP contribution in [0.4, 0.5) is 11.4 Å². The lowest BCUT2D eigenvalue weighted by molar-refractivity contribution is 0.0816. The topological polar surface area (TPSA) is 63.7 Å². The van der Waals surface area contributed by atoms with Crippen LogP contribution in [0.5, 0.6) is 11.8 Å². The van der Waals surface area contributed by atoms with Gasteiger partial charge in [0.25, 0.3) is 5.91 Å². The molecule has 0 atom stereocenters. The highest BCUT2D eigenvalue weighted by Crippen LogP contribution is 2.31. The van der Waals surface area contributed by atoms with Crippen molar-refractivity contribution in [3.05, 3.63) is 113 Å². The van der Waals surface area contributed by atoms with Gasteiger partial charge in [-0.3, -0.25) is 4.79 Å². The predicted octanol–water partition coefficient (Wildman–Crippen LogP) is 5.57. The fourth-order valence-electron chi connectivity index (χ4n) is 3.87. The molecule has 0 saturated heterocycles. The zero-order chi connectivity index (χ0) is 23.3. The van der Waals surface area contributed by atoms with Crippen molar-refractivity contribution < 1.29 is 14.3 Å². The summed E-state index contributed by atoms with van der Waals surface area (Å²) in [5, 5.41) is 3.40. The fraction of sp³-hybridized carbons (Fsp3) is 0.143. The number of ether oxygens (including phenoxy) is 2. The number of fused-ring (bicyclic) bond motifs is 1. The number of benzene rings is 3. The molecule has 1 aliphatic heterocycles. The summed E-state index contributed by atoms with van der Waals surface area (Å²) < 4.78 is 12.0. The van der Waals surface area contributed by atoms with Crippen molar-refractivity contribution in [2.75, 3.05) is 12.4 Å². The number of nitrogens with one attached hydrogen (secondary N) is 1. The molecule has 0 fully saturated rings. The van der Waals surface area contributed by atoms with E-state index >= 15 is 0 Å². The molecule has 0 bridgehead atoms. The van der Waals surface area contributed by atoms with Gasteiger partial charge in [0.1, 0.15) is 18.9 Å². The van der Waals surface area contributed by atoms with E-state index in [0.717, 1.165) is 33.6 Å². The first-order chi connectivity index (χ1) is 16.7. The van der Waals surface area contributed by atoms with Gasteiger partial charge < -0.3 is 19.7 Å². The number of carbonyl (C=O) groups is 1. The molecule has 3 aromatic carbocycles. The van der Waals surface area contributed by atoms with Gasteiger partial charge in [0, 0.05) is 30.9 Å². The lowest BCUT2D eigenvalue weighted by Gasteiger charge is -2.15. The van der Waals surface area contributed by atoms with Gasteiger partial charge in [-0.2, -0.15) is 4.98 Å². The highest BCUT2D eigenvalue weighted by atomic mass is 16.5. The first-order valence-electron chi connectivity index (χ1n) is 11.2. The lowest BCUT2D eigenvalue weighted by atomic mass is 10.1. The Kier molecular flexibility index (Phi) is 6.12. The van der Waals surface area contributed by atoms with Gasteiger partial charge in [-0.25, -0.2) is 0 Å². The summed E-state index contributed by atoms with van der Waals surface area (Å²) in [4.78, 5) is 18.5. The van der Waals surface area contributed by atoms with Crippen molar-refractivity contribution in [1.29, 1.82) is 0 Å². The van der Waals surface area contributed by atoms with Crippen LogP contribution in [-0.4, -0.2) is 22.8 Å². The first-order valence-corrected chi connectivity index (χ1v) is 11.2. The van der Waals surface area contributed by atoms with Crippen molar-refractivity contribution in [1.82, 2.24) is 9.88 Å². The Morgan fingerprint density at radius 1 is 0.853 bits per heavy atom. The number of amides is 1. The summed E-state index contributed by atoms with van der Waals surface area (Å²) >= 11 is 0. The fourth-order valence-corrected chi connectivity index (χ4v) is 3.87. The monoisotopic (exact) mass is 451 g/mol. The number of hydrogen-bond acceptors (Lipinski definition) is 5. The molecule has 5 rings (SSSR count). The summed E-state index contributed by atoms with van der Waals surface area (Å²) in [5.74, 6) is 0.983. The number of pyridine rings is 1. The van der Waals surface area contributed by atoms with Crippen molar-refractivity contribution in [2.45, 2.75) is 19.8 Å². The van der Waals surface area contributed by atoms with E-state index in [4.69, 9.17) is 9.47 Å². The summed E-state index contributed by atoms with van der Waals surface area (Å²) in [6.07, 6.45) is 0. The quantitative estimate of drug-likeness (QED) is 0.380. The van der Waals surface area contributed by atoms with Crippen LogP contribution in [-0.2, 0) is 19.8 Å². The second kappa shape index (κ2) is 9.67. The average Bonchev–Trinajstić information content (AvgIpc) is 3.16. The normalized spacial score (nSPS) is 12.4. The smallest absolute Gasteiger partial charge is 0.254 e. The maximum atomic E-state index is 12.2. The van der Waals surface area contributed by atoms with E-state index in [2.05, 4.69) is 10.3 Å². The van der Waals surface area contributed by atoms with Crippen LogP contribution in [0.15, 0.2) is 91.0 Å². The van der Waals surface area contributed by atoms with Crippen molar-refractivity contribution in [3.63, 3.8) is 0 Å². The Morgan fingerprint density at radius 3 is 2.24 bits per heavy atom. The van der Waals surface area contributed by atoms with Crippen molar-refractivity contribution in [2.24, 2.45) is 0 Å². The molecule has 1 aromatic heterocycles. The first kappa shape index (κ1) is 21.5. The molecule has 1 aliphatic rings. The number of carbonyl (C=O) groups excluding carboxylic acids is 1. The minimum Gasteiger partial charge on any atom is -0.473 e. The number of aromatic nitrogens is 1. The van der Waals surface area contributed by atoms with E-state index in [9.17, 15) is 4.79 Å². The van der Waals surface area contributed by atoms with E-state index in [1.165, 1.54) is 0 Å². The Morgan fingerprint density at radius 2 is 1.53 bits per heavy atom. The van der Waals surface area contributed by atoms with Crippen molar-refractivity contribution >= 4 is 17.3 Å². The largest absolute Gasteiger partial charge is 0.473 e. The Bertz CT molecular complexity index is 1290. The van der Waals surface area contributed by atoms with Crippen molar-refractivity contribution in [3.8, 4) is 11.8 Å². The molecule has 6 nitrogen and oxygen atoms in total. The zero-order valence-electron chi connectivity index (χ0n) is 18.9. The second-order valence-electron chi connectivity index (χ2n) is 8.21. The molecule has 0 saturated carbocycles. The molecule has 0 spiro atoms. The lowest BCUT2D eigenvalue weighted by Crippen LogP contribution is -2.17. The minimum atomic E-state index is 0.0509. The van der Waals surface area contributed by atoms with E-state index < -0.39 is 0 Å². The maximum absolute atomic E-state index is 12.2. The number of nitrogens with zero attached hydrogens (tertiary/aromatic N) is 2. The molecule has 0 unspecified atom stereocenters. The Labute approximate surface area is 198 Å². The van der Waals surface area contributed by atoms with Gasteiger partial charge in [0.2, 0.25) is 11.8 Å². The molecule has 6 heteroatoms. The predicted molar refractivity (Wildman–Crippen MR) is 131 cm³/mol. The molecule has 4 aromatic rings. The summed E-state index contributed by atoms with van der Waals surface area (Å²) in [6.45, 7) is 1.41. The molecule has 0 radical (unpaired) electrons. The molecule has 34 heavy (non-hydrogen) atoms. The standard InChI is InChI=1S/C28H25N3O3/c1-31-17-22-16-23(12-13-24(22)28(31)32)29-25-14-15-26(33-18-20-8-4-2-5-9-20)30-27(25)34-19-21-10-6-3-7-11-21/h2-16,29H,17-19H2,1H3. The number of rotatable bonds is 8. The van der Waals surface area contributed by atoms with E-state index in [1.807, 2.05) is 98.0 Å². The minimum absolute atomic E-state index is 0.0509. The van der Waals surface area contributed by atoms with E-state index in [1.54, 1.807) is 4.90 Å². The third-order valence-corrected chi connectivity index (χ3v) is 5.65. The van der Waals surface area contributed by atoms with E-state index in [0.29, 0.717) is 31.5 Å². The Balaban J connectivity index is 1.37. The SMILES string of the molecule is CN1Cc2cc(Nc3ccc(OCc4ccccc4)nc3OCc3ccccc3)ccc2C1=O. The zero-order valence-corrected chi connectivity index (χ0v) is 18.9. The number of hydrogen-bond donors (Lipinski definition) is 1. The second-order valence-corrected chi connectivity index (χ2v) is 8.21. The van der Waals surface area contributed by atoms with Gasteiger partial charge in [0.15, 0.2) is 0 Å². The van der Waals surface area contributed by atoms with Gasteiger partial charge >= 0.3 is 0 Å². The molecule has 1 N–H and O–H groups in total. The van der Waals surface area contributed by atoms with Gasteiger partial charge in [0.05, 0.1) is 0 Å². The van der Waals surface area contributed by atoms with Gasteiger partial charge in [-0.15, -0.1) is 0 Å². The third kappa shape index (κ3) is 4.86. The van der Waals surface area contributed by atoms with Crippen LogP contribution < -0.4 is 14.8 Å². The van der Waals surface area contributed by atoms with Gasteiger partial charge in [-0.1, -0.05) is 60.7 Å². The van der Waals surface area contributed by atoms with Crippen LogP contribution in [0.2, 0.25) is 0 Å². The van der Waals surface area contributed by atoms with Crippen LogP contribution in [0.1, 0.15) is 27.0 Å². The van der Waals surface area contributed by atoms with Crippen LogP contribution in [0, 0.1) is 0 Å². The molecule has 1 amide bonds. The van der Waals surface area contributed by atoms with Crippen LogP contribution in [0.25, 0.3) is 0 Å². The summed E-state index contributed by atoms with van der Waals surface area (Å²) in [6, 6.07) is 29.4. The van der Waals surface area contributed by atoms with E-state index in [-0.39, 0.29) is 5.91 Å². The highest BCUT2D eigenvalue weighted by Gasteiger charge is 2.24. The molecule has 0 aliphatic carbocycles. The molecule has 2 heterocycles. The molecular formula is C28H25N3O3. The highest BCUT2D eigenvalue weighted by molar-refractivity contribution is 5.98. The summed E-state index contributed by atoms with van der Waals surface area (Å²) in [7, 11) is 1.81. The third-order valence-electron chi connectivity index (χ3n) is 5.65. The van der Waals surface area contributed by atoms with Gasteiger partial charge in [-0.05, 0) is 41.0 Å². The molecular weight excluding hydrogens is 426 g/mol. The van der Waals surface area contributed by atoms with Crippen LogP contribution in [0.3, 0.4) is 0 Å². The number of anilines is 2. The average molecular weight is 452 g/mol. The Hall–Kier alpha value is -4.32. The summed E-state index contributed by atoms with van der Waals surface area (Å²) in [5.41, 5.74) is 5.45. The van der Waals surface area contributed by atoms with Crippen LogP contribution >= 0.6 is 0 Å². The maximum Gasteiger partial charge on any atom is 0.254 e. The molecule has 170 valence electrons.